The molecule has 4 rings (SSSR count). The van der Waals surface area contributed by atoms with Crippen molar-refractivity contribution in [1.29, 1.82) is 0 Å². The van der Waals surface area contributed by atoms with Crippen LogP contribution >= 0.6 is 24.0 Å². The number of ether oxygens (including phenoxy) is 1. The van der Waals surface area contributed by atoms with E-state index < -0.39 is 0 Å². The summed E-state index contributed by atoms with van der Waals surface area (Å²) in [5.74, 6) is 2.17. The number of hydrogen-bond acceptors (Lipinski definition) is 3. The van der Waals surface area contributed by atoms with Crippen LogP contribution in [0.5, 0.6) is 0 Å². The Balaban J connectivity index is 0.00000196. The van der Waals surface area contributed by atoms with Gasteiger partial charge in [0.15, 0.2) is 5.96 Å². The highest BCUT2D eigenvalue weighted by Crippen LogP contribution is 2.61. The molecule has 0 aromatic heterocycles. The second-order valence-electron chi connectivity index (χ2n) is 8.12. The molecule has 2 heterocycles. The maximum absolute atomic E-state index is 12.5. The van der Waals surface area contributed by atoms with Gasteiger partial charge in [0.05, 0.1) is 0 Å². The van der Waals surface area contributed by atoms with Gasteiger partial charge in [-0.15, -0.1) is 24.0 Å². The Hall–Kier alpha value is -0.570. The molecule has 7 heteroatoms. The van der Waals surface area contributed by atoms with Crippen molar-refractivity contribution in [2.75, 3.05) is 45.9 Å². The highest BCUT2D eigenvalue weighted by Gasteiger charge is 2.53. The van der Waals surface area contributed by atoms with Crippen LogP contribution in [0.3, 0.4) is 0 Å². The van der Waals surface area contributed by atoms with Crippen LogP contribution in [-0.4, -0.2) is 73.6 Å². The number of rotatable bonds is 5. The molecule has 0 aromatic rings. The summed E-state index contributed by atoms with van der Waals surface area (Å²) < 4.78 is 5.55. The third kappa shape index (κ3) is 4.46. The van der Waals surface area contributed by atoms with Gasteiger partial charge in [-0.3, -0.25) is 9.79 Å². The Kier molecular flexibility index (Phi) is 6.69. The van der Waals surface area contributed by atoms with Crippen LogP contribution in [0.2, 0.25) is 0 Å². The molecule has 2 saturated carbocycles. The summed E-state index contributed by atoms with van der Waals surface area (Å²) >= 11 is 0. The van der Waals surface area contributed by atoms with Crippen LogP contribution in [0.1, 0.15) is 45.4 Å². The average molecular weight is 476 g/mol. The lowest BCUT2D eigenvalue weighted by molar-refractivity contribution is -0.142. The van der Waals surface area contributed by atoms with Gasteiger partial charge in [0.25, 0.3) is 5.91 Å². The number of guanidine groups is 1. The first kappa shape index (κ1) is 20.2. The lowest BCUT2D eigenvalue weighted by Gasteiger charge is -2.37. The van der Waals surface area contributed by atoms with E-state index in [0.717, 1.165) is 70.6 Å². The van der Waals surface area contributed by atoms with Crippen LogP contribution in [0.15, 0.2) is 4.99 Å². The molecule has 148 valence electrons. The van der Waals surface area contributed by atoms with Crippen molar-refractivity contribution in [3.8, 4) is 0 Å². The normalized spacial score (nSPS) is 27.9. The summed E-state index contributed by atoms with van der Waals surface area (Å²) in [5, 5.41) is 3.46. The summed E-state index contributed by atoms with van der Waals surface area (Å²) in [5.41, 5.74) is 0.540. The molecule has 2 aliphatic carbocycles. The average Bonchev–Trinajstić information content (AvgIpc) is 3.56. The summed E-state index contributed by atoms with van der Waals surface area (Å²) in [7, 11) is 0. The molecule has 0 radical (unpaired) electrons. The highest BCUT2D eigenvalue weighted by molar-refractivity contribution is 14.0. The number of aliphatic imine (C=N–C) groups is 1. The smallest absolute Gasteiger partial charge is 0.251 e. The fraction of sp³-hybridized carbons (Fsp3) is 0.895. The number of nitrogens with zero attached hydrogens (tertiary/aromatic N) is 3. The SMILES string of the molecule is CCNC(=NCC1(C2CC2)CC1)N1CCN(C(=O)C2CCCO2)CC1.I. The maximum atomic E-state index is 12.5. The van der Waals surface area contributed by atoms with Gasteiger partial charge < -0.3 is 19.9 Å². The zero-order chi connectivity index (χ0) is 17.3. The lowest BCUT2D eigenvalue weighted by atomic mass is 10.0. The van der Waals surface area contributed by atoms with Gasteiger partial charge in [-0.1, -0.05) is 0 Å². The van der Waals surface area contributed by atoms with E-state index >= 15 is 0 Å². The number of carbonyl (C=O) groups is 1. The number of piperazine rings is 1. The van der Waals surface area contributed by atoms with Gasteiger partial charge in [-0.05, 0) is 56.8 Å². The van der Waals surface area contributed by atoms with Crippen LogP contribution in [0.4, 0.5) is 0 Å². The Bertz CT molecular complexity index is 520. The Morgan fingerprint density at radius 2 is 1.85 bits per heavy atom. The molecule has 0 aromatic carbocycles. The van der Waals surface area contributed by atoms with Crippen molar-refractivity contribution >= 4 is 35.8 Å². The fourth-order valence-electron chi connectivity index (χ4n) is 4.32. The Morgan fingerprint density at radius 3 is 2.38 bits per heavy atom. The van der Waals surface area contributed by atoms with Crippen molar-refractivity contribution in [1.82, 2.24) is 15.1 Å². The standard InChI is InChI=1S/C19H32N4O2.HI/c1-2-20-18(21-14-19(7-8-19)15-5-6-15)23-11-9-22(10-12-23)17(24)16-4-3-13-25-16;/h15-16H,2-14H2,1H3,(H,20,21);1H. The Morgan fingerprint density at radius 1 is 1.15 bits per heavy atom. The van der Waals surface area contributed by atoms with Gasteiger partial charge in [-0.2, -0.15) is 0 Å². The lowest BCUT2D eigenvalue weighted by Crippen LogP contribution is -2.55. The van der Waals surface area contributed by atoms with E-state index in [0.29, 0.717) is 5.41 Å². The van der Waals surface area contributed by atoms with Crippen molar-refractivity contribution in [3.05, 3.63) is 0 Å². The van der Waals surface area contributed by atoms with E-state index in [1.54, 1.807) is 0 Å². The van der Waals surface area contributed by atoms with Gasteiger partial charge in [-0.25, -0.2) is 0 Å². The molecule has 1 N–H and O–H groups in total. The van der Waals surface area contributed by atoms with E-state index in [9.17, 15) is 4.79 Å². The Labute approximate surface area is 174 Å². The molecule has 26 heavy (non-hydrogen) atoms. The molecule has 2 aliphatic heterocycles. The summed E-state index contributed by atoms with van der Waals surface area (Å²) in [6, 6.07) is 0. The number of carbonyl (C=O) groups excluding carboxylic acids is 1. The second-order valence-corrected chi connectivity index (χ2v) is 8.12. The largest absolute Gasteiger partial charge is 0.368 e. The van der Waals surface area contributed by atoms with Gasteiger partial charge >= 0.3 is 0 Å². The molecular weight excluding hydrogens is 443 g/mol. The number of halogens is 1. The number of hydrogen-bond donors (Lipinski definition) is 1. The maximum Gasteiger partial charge on any atom is 0.251 e. The molecule has 1 amide bonds. The van der Waals surface area contributed by atoms with Crippen molar-refractivity contribution in [3.63, 3.8) is 0 Å². The molecule has 1 unspecified atom stereocenters. The monoisotopic (exact) mass is 476 g/mol. The summed E-state index contributed by atoms with van der Waals surface area (Å²) in [6.45, 7) is 8.01. The third-order valence-corrected chi connectivity index (χ3v) is 6.31. The topological polar surface area (TPSA) is 57.2 Å². The predicted molar refractivity (Wildman–Crippen MR) is 113 cm³/mol. The van der Waals surface area contributed by atoms with Crippen LogP contribution in [0.25, 0.3) is 0 Å². The third-order valence-electron chi connectivity index (χ3n) is 6.31. The number of amides is 1. The second kappa shape index (κ2) is 8.63. The van der Waals surface area contributed by atoms with E-state index in [-0.39, 0.29) is 36.0 Å². The van der Waals surface area contributed by atoms with Crippen molar-refractivity contribution in [2.45, 2.75) is 51.6 Å². The highest BCUT2D eigenvalue weighted by atomic mass is 127. The van der Waals surface area contributed by atoms with E-state index in [1.807, 2.05) is 4.90 Å². The zero-order valence-electron chi connectivity index (χ0n) is 15.9. The molecular formula is C19H33IN4O2. The van der Waals surface area contributed by atoms with Gasteiger partial charge in [0, 0.05) is 45.9 Å². The molecule has 0 bridgehead atoms. The molecule has 4 fully saturated rings. The van der Waals surface area contributed by atoms with Crippen LogP contribution in [-0.2, 0) is 9.53 Å². The number of nitrogens with one attached hydrogen (secondary N) is 1. The first-order valence-corrected chi connectivity index (χ1v) is 10.2. The molecule has 1 atom stereocenters. The van der Waals surface area contributed by atoms with Gasteiger partial charge in [0.2, 0.25) is 0 Å². The summed E-state index contributed by atoms with van der Waals surface area (Å²) in [4.78, 5) is 21.8. The summed E-state index contributed by atoms with van der Waals surface area (Å²) in [6.07, 6.45) is 7.25. The van der Waals surface area contributed by atoms with E-state index in [2.05, 4.69) is 17.1 Å². The van der Waals surface area contributed by atoms with Crippen molar-refractivity contribution < 1.29 is 9.53 Å². The minimum absolute atomic E-state index is 0. The van der Waals surface area contributed by atoms with Gasteiger partial charge in [0.1, 0.15) is 6.10 Å². The molecule has 0 spiro atoms. The van der Waals surface area contributed by atoms with Crippen LogP contribution < -0.4 is 5.32 Å². The molecule has 4 aliphatic rings. The quantitative estimate of drug-likeness (QED) is 0.375. The zero-order valence-corrected chi connectivity index (χ0v) is 18.2. The fourth-order valence-corrected chi connectivity index (χ4v) is 4.32. The molecule has 2 saturated heterocycles. The van der Waals surface area contributed by atoms with Crippen LogP contribution in [0, 0.1) is 11.3 Å². The first-order valence-electron chi connectivity index (χ1n) is 10.2. The predicted octanol–water partition coefficient (Wildman–Crippen LogP) is 2.08. The van der Waals surface area contributed by atoms with E-state index in [1.165, 1.54) is 25.7 Å². The molecule has 6 nitrogen and oxygen atoms in total. The minimum atomic E-state index is -0.193. The first-order chi connectivity index (χ1) is 12.2. The minimum Gasteiger partial charge on any atom is -0.368 e. The van der Waals surface area contributed by atoms with Crippen molar-refractivity contribution in [2.24, 2.45) is 16.3 Å². The van der Waals surface area contributed by atoms with E-state index in [4.69, 9.17) is 9.73 Å².